The monoisotopic (exact) mass is 357 g/mol. The molecule has 2 atom stereocenters. The summed E-state index contributed by atoms with van der Waals surface area (Å²) >= 11 is 5.92. The van der Waals surface area contributed by atoms with Gasteiger partial charge < -0.3 is 10.1 Å². The number of methoxy groups -OCH3 is 1. The zero-order valence-corrected chi connectivity index (χ0v) is 14.9. The first-order valence-electron chi connectivity index (χ1n) is 7.88. The highest BCUT2D eigenvalue weighted by Gasteiger charge is 2.26. The van der Waals surface area contributed by atoms with Gasteiger partial charge in [0.15, 0.2) is 5.78 Å². The molecule has 0 aliphatic heterocycles. The van der Waals surface area contributed by atoms with Crippen LogP contribution < -0.4 is 5.32 Å². The fourth-order valence-corrected chi connectivity index (χ4v) is 2.54. The predicted octanol–water partition coefficient (Wildman–Crippen LogP) is 4.66. The number of ether oxygens (including phenoxy) is 1. The van der Waals surface area contributed by atoms with Gasteiger partial charge in [-0.05, 0) is 29.3 Å². The van der Waals surface area contributed by atoms with Crippen molar-refractivity contribution < 1.29 is 14.3 Å². The molecule has 0 bridgehead atoms. The van der Waals surface area contributed by atoms with Crippen LogP contribution in [0.1, 0.15) is 24.1 Å². The van der Waals surface area contributed by atoms with Crippen LogP contribution in [-0.2, 0) is 9.53 Å². The van der Waals surface area contributed by atoms with E-state index in [2.05, 4.69) is 10.1 Å². The Morgan fingerprint density at radius 1 is 1.08 bits per heavy atom. The number of amides is 1. The van der Waals surface area contributed by atoms with Crippen LogP contribution >= 0.6 is 11.6 Å². The molecule has 0 unspecified atom stereocenters. The summed E-state index contributed by atoms with van der Waals surface area (Å²) in [5, 5.41) is 3.31. The van der Waals surface area contributed by atoms with Gasteiger partial charge in [-0.25, -0.2) is 4.79 Å². The number of rotatable bonds is 6. The van der Waals surface area contributed by atoms with Gasteiger partial charge >= 0.3 is 6.09 Å². The van der Waals surface area contributed by atoms with Crippen LogP contribution in [0.5, 0.6) is 0 Å². The Balaban J connectivity index is 2.20. The normalized spacial score (nSPS) is 13.2. The van der Waals surface area contributed by atoms with Gasteiger partial charge in [0.1, 0.15) is 0 Å². The van der Waals surface area contributed by atoms with Crippen LogP contribution in [0.3, 0.4) is 0 Å². The van der Waals surface area contributed by atoms with E-state index >= 15 is 0 Å². The molecule has 2 aromatic carbocycles. The molecule has 0 saturated carbocycles. The summed E-state index contributed by atoms with van der Waals surface area (Å²) in [5.74, 6) is -0.569. The van der Waals surface area contributed by atoms with Crippen molar-refractivity contribution in [2.24, 2.45) is 5.92 Å². The van der Waals surface area contributed by atoms with Crippen molar-refractivity contribution in [3.8, 4) is 0 Å². The Labute approximate surface area is 152 Å². The van der Waals surface area contributed by atoms with E-state index in [1.165, 1.54) is 13.2 Å². The molecular weight excluding hydrogens is 338 g/mol. The molecule has 0 heterocycles. The third kappa shape index (κ3) is 5.47. The summed E-state index contributed by atoms with van der Waals surface area (Å²) < 4.78 is 4.68. The van der Waals surface area contributed by atoms with Crippen LogP contribution in [0.2, 0.25) is 5.02 Å². The minimum absolute atomic E-state index is 0.0970. The molecule has 2 rings (SSSR count). The molecule has 0 radical (unpaired) electrons. The smallest absolute Gasteiger partial charge is 0.407 e. The SMILES string of the molecule is COC(=O)N[C@@H](c1ccc(Cl)cc1)[C@H](C)C(=O)/C=C/c1ccccc1. The number of ketones is 1. The second kappa shape index (κ2) is 9.04. The highest BCUT2D eigenvalue weighted by Crippen LogP contribution is 2.25. The number of allylic oxidation sites excluding steroid dienone is 1. The number of carbonyl (C=O) groups excluding carboxylic acids is 2. The first-order valence-corrected chi connectivity index (χ1v) is 8.26. The summed E-state index contributed by atoms with van der Waals surface area (Å²) in [6.07, 6.45) is 2.70. The molecule has 1 N–H and O–H groups in total. The Hall–Kier alpha value is -2.59. The van der Waals surface area contributed by atoms with E-state index in [1.807, 2.05) is 30.3 Å². The first kappa shape index (κ1) is 18.7. The lowest BCUT2D eigenvalue weighted by Crippen LogP contribution is -2.35. The first-order chi connectivity index (χ1) is 12.0. The van der Waals surface area contributed by atoms with Crippen molar-refractivity contribution in [2.75, 3.05) is 7.11 Å². The molecule has 2 aromatic rings. The van der Waals surface area contributed by atoms with Crippen LogP contribution in [0.15, 0.2) is 60.7 Å². The molecule has 0 aliphatic rings. The quantitative estimate of drug-likeness (QED) is 0.765. The van der Waals surface area contributed by atoms with Gasteiger partial charge in [-0.3, -0.25) is 4.79 Å². The predicted molar refractivity (Wildman–Crippen MR) is 99.4 cm³/mol. The van der Waals surface area contributed by atoms with Crippen LogP contribution in [0.4, 0.5) is 4.79 Å². The average molecular weight is 358 g/mol. The minimum atomic E-state index is -0.591. The second-order valence-corrected chi connectivity index (χ2v) is 6.04. The molecule has 130 valence electrons. The van der Waals surface area contributed by atoms with Gasteiger partial charge in [0.25, 0.3) is 0 Å². The molecule has 25 heavy (non-hydrogen) atoms. The molecule has 0 fully saturated rings. The van der Waals surface area contributed by atoms with Gasteiger partial charge in [-0.15, -0.1) is 0 Å². The lowest BCUT2D eigenvalue weighted by molar-refractivity contribution is -0.118. The number of nitrogens with one attached hydrogen (secondary N) is 1. The van der Waals surface area contributed by atoms with Crippen molar-refractivity contribution in [2.45, 2.75) is 13.0 Å². The maximum Gasteiger partial charge on any atom is 0.407 e. The van der Waals surface area contributed by atoms with Crippen molar-refractivity contribution >= 4 is 29.6 Å². The van der Waals surface area contributed by atoms with Gasteiger partial charge in [0, 0.05) is 10.9 Å². The third-order valence-corrected chi connectivity index (χ3v) is 4.13. The fourth-order valence-electron chi connectivity index (χ4n) is 2.41. The molecule has 0 aliphatic carbocycles. The average Bonchev–Trinajstić information content (AvgIpc) is 2.65. The molecule has 1 amide bonds. The van der Waals surface area contributed by atoms with Gasteiger partial charge in [-0.2, -0.15) is 0 Å². The molecule has 0 saturated heterocycles. The zero-order chi connectivity index (χ0) is 18.2. The van der Waals surface area contributed by atoms with Gasteiger partial charge in [0.2, 0.25) is 0 Å². The molecule has 0 spiro atoms. The van der Waals surface area contributed by atoms with E-state index in [1.54, 1.807) is 37.3 Å². The lowest BCUT2D eigenvalue weighted by atomic mass is 9.90. The topological polar surface area (TPSA) is 55.4 Å². The zero-order valence-electron chi connectivity index (χ0n) is 14.1. The van der Waals surface area contributed by atoms with E-state index in [0.717, 1.165) is 11.1 Å². The number of hydrogen-bond donors (Lipinski definition) is 1. The highest BCUT2D eigenvalue weighted by molar-refractivity contribution is 6.30. The lowest BCUT2D eigenvalue weighted by Gasteiger charge is -2.23. The Kier molecular flexibility index (Phi) is 6.78. The van der Waals surface area contributed by atoms with Crippen LogP contribution in [-0.4, -0.2) is 19.0 Å². The van der Waals surface area contributed by atoms with Crippen molar-refractivity contribution in [3.63, 3.8) is 0 Å². The van der Waals surface area contributed by atoms with E-state index in [0.29, 0.717) is 5.02 Å². The summed E-state index contributed by atoms with van der Waals surface area (Å²) in [7, 11) is 1.29. The maximum absolute atomic E-state index is 12.6. The highest BCUT2D eigenvalue weighted by atomic mass is 35.5. The summed E-state index contributed by atoms with van der Waals surface area (Å²) in [4.78, 5) is 24.2. The van der Waals surface area contributed by atoms with E-state index in [-0.39, 0.29) is 5.78 Å². The number of halogens is 1. The Morgan fingerprint density at radius 2 is 1.72 bits per heavy atom. The minimum Gasteiger partial charge on any atom is -0.453 e. The van der Waals surface area contributed by atoms with Crippen molar-refractivity contribution in [1.29, 1.82) is 0 Å². The van der Waals surface area contributed by atoms with Crippen LogP contribution in [0, 0.1) is 5.92 Å². The van der Waals surface area contributed by atoms with Gasteiger partial charge in [0.05, 0.1) is 13.2 Å². The summed E-state index contributed by atoms with van der Waals surface area (Å²) in [5.41, 5.74) is 1.72. The second-order valence-electron chi connectivity index (χ2n) is 5.60. The number of carbonyl (C=O) groups is 2. The molecular formula is C20H20ClNO3. The maximum atomic E-state index is 12.6. The summed E-state index contributed by atoms with van der Waals surface area (Å²) in [6, 6.07) is 16.1. The summed E-state index contributed by atoms with van der Waals surface area (Å²) in [6.45, 7) is 1.77. The van der Waals surface area contributed by atoms with E-state index < -0.39 is 18.1 Å². The number of hydrogen-bond acceptors (Lipinski definition) is 3. The van der Waals surface area contributed by atoms with Crippen molar-refractivity contribution in [1.82, 2.24) is 5.32 Å². The molecule has 4 nitrogen and oxygen atoms in total. The molecule has 5 heteroatoms. The third-order valence-electron chi connectivity index (χ3n) is 3.88. The standard InChI is InChI=1S/C20H20ClNO3/c1-14(18(23)13-8-15-6-4-3-5-7-15)19(22-20(24)25-2)16-9-11-17(21)12-10-16/h3-14,19H,1-2H3,(H,22,24)/b13-8+/t14-,19-/m1/s1. The van der Waals surface area contributed by atoms with E-state index in [4.69, 9.17) is 11.6 Å². The number of alkyl carbamates (subject to hydrolysis) is 1. The van der Waals surface area contributed by atoms with Crippen molar-refractivity contribution in [3.05, 3.63) is 76.8 Å². The van der Waals surface area contributed by atoms with Gasteiger partial charge in [-0.1, -0.05) is 67.1 Å². The fraction of sp³-hybridized carbons (Fsp3) is 0.200. The van der Waals surface area contributed by atoms with E-state index in [9.17, 15) is 9.59 Å². The largest absolute Gasteiger partial charge is 0.453 e. The molecule has 0 aromatic heterocycles. The Morgan fingerprint density at radius 3 is 2.32 bits per heavy atom. The number of benzene rings is 2. The van der Waals surface area contributed by atoms with Crippen LogP contribution in [0.25, 0.3) is 6.08 Å². The Bertz CT molecular complexity index is 741.